The van der Waals surface area contributed by atoms with Gasteiger partial charge in [-0.2, -0.15) is 0 Å². The van der Waals surface area contributed by atoms with Gasteiger partial charge in [0.25, 0.3) is 0 Å². The first-order valence-electron chi connectivity index (χ1n) is 6.84. The number of ketones is 1. The van der Waals surface area contributed by atoms with E-state index in [0.29, 0.717) is 6.61 Å². The van der Waals surface area contributed by atoms with Gasteiger partial charge < -0.3 is 4.74 Å². The summed E-state index contributed by atoms with van der Waals surface area (Å²) in [6, 6.07) is 0. The summed E-state index contributed by atoms with van der Waals surface area (Å²) >= 11 is 0. The smallest absolute Gasteiger partial charge is 0.161 e. The van der Waals surface area contributed by atoms with Gasteiger partial charge in [-0.15, -0.1) is 0 Å². The Kier molecular flexibility index (Phi) is 6.70. The van der Waals surface area contributed by atoms with Crippen LogP contribution in [0.2, 0.25) is 0 Å². The fraction of sp³-hybridized carbons (Fsp3) is 0.929. The summed E-state index contributed by atoms with van der Waals surface area (Å²) in [5.41, 5.74) is 0. The minimum Gasteiger partial charge on any atom is -0.374 e. The highest BCUT2D eigenvalue weighted by molar-refractivity contribution is 5.81. The van der Waals surface area contributed by atoms with Crippen molar-refractivity contribution < 1.29 is 9.53 Å². The third kappa shape index (κ3) is 5.11. The molecule has 1 aliphatic rings. The van der Waals surface area contributed by atoms with E-state index in [2.05, 4.69) is 0 Å². The molecule has 1 fully saturated rings. The first-order chi connectivity index (χ1) is 7.74. The quantitative estimate of drug-likeness (QED) is 0.620. The summed E-state index contributed by atoms with van der Waals surface area (Å²) in [5.74, 6) is 1.27. The molecule has 16 heavy (non-hydrogen) atoms. The molecule has 1 rings (SSSR count). The summed E-state index contributed by atoms with van der Waals surface area (Å²) in [6.45, 7) is 5.12. The zero-order valence-electron chi connectivity index (χ0n) is 10.8. The number of ether oxygens (including phenoxy) is 1. The number of carbonyl (C=O) groups excluding carboxylic acids is 1. The van der Waals surface area contributed by atoms with Crippen molar-refractivity contribution in [3.05, 3.63) is 0 Å². The van der Waals surface area contributed by atoms with E-state index in [1.807, 2.05) is 13.8 Å². The topological polar surface area (TPSA) is 26.3 Å². The SMILES string of the molecule is CCC(C)C(=O)COCCC1CCCCC1. The van der Waals surface area contributed by atoms with Gasteiger partial charge in [-0.3, -0.25) is 4.79 Å². The molecule has 2 heteroatoms. The molecular formula is C14H26O2. The van der Waals surface area contributed by atoms with Crippen LogP contribution in [0.25, 0.3) is 0 Å². The van der Waals surface area contributed by atoms with Crippen LogP contribution in [0.5, 0.6) is 0 Å². The molecule has 1 unspecified atom stereocenters. The number of hydrogen-bond donors (Lipinski definition) is 0. The fourth-order valence-corrected chi connectivity index (χ4v) is 2.27. The lowest BCUT2D eigenvalue weighted by Crippen LogP contribution is -2.18. The van der Waals surface area contributed by atoms with Crippen LogP contribution in [-0.2, 0) is 9.53 Å². The molecule has 94 valence electrons. The molecule has 0 heterocycles. The number of rotatable bonds is 7. The molecule has 0 radical (unpaired) electrons. The Bertz CT molecular complexity index is 195. The molecule has 0 spiro atoms. The van der Waals surface area contributed by atoms with Gasteiger partial charge in [0, 0.05) is 12.5 Å². The van der Waals surface area contributed by atoms with E-state index in [0.717, 1.165) is 25.4 Å². The van der Waals surface area contributed by atoms with E-state index >= 15 is 0 Å². The highest BCUT2D eigenvalue weighted by Gasteiger charge is 2.14. The molecule has 0 bridgehead atoms. The van der Waals surface area contributed by atoms with E-state index in [9.17, 15) is 4.79 Å². The molecular weight excluding hydrogens is 200 g/mol. The second-order valence-corrected chi connectivity index (χ2v) is 5.12. The Morgan fingerprint density at radius 3 is 2.62 bits per heavy atom. The van der Waals surface area contributed by atoms with Crippen LogP contribution in [0.3, 0.4) is 0 Å². The number of Topliss-reactive ketones (excluding diaryl/α,β-unsaturated/α-hetero) is 1. The first-order valence-corrected chi connectivity index (χ1v) is 6.84. The van der Waals surface area contributed by atoms with Crippen LogP contribution in [0.4, 0.5) is 0 Å². The van der Waals surface area contributed by atoms with Crippen LogP contribution in [0.1, 0.15) is 58.8 Å². The lowest BCUT2D eigenvalue weighted by Gasteiger charge is -2.21. The average molecular weight is 226 g/mol. The highest BCUT2D eigenvalue weighted by Crippen LogP contribution is 2.26. The second-order valence-electron chi connectivity index (χ2n) is 5.12. The van der Waals surface area contributed by atoms with Gasteiger partial charge in [0.05, 0.1) is 0 Å². The van der Waals surface area contributed by atoms with Gasteiger partial charge in [-0.25, -0.2) is 0 Å². The fourth-order valence-electron chi connectivity index (χ4n) is 2.27. The van der Waals surface area contributed by atoms with E-state index in [1.54, 1.807) is 0 Å². The van der Waals surface area contributed by atoms with Crippen molar-refractivity contribution in [1.82, 2.24) is 0 Å². The Morgan fingerprint density at radius 1 is 1.31 bits per heavy atom. The van der Waals surface area contributed by atoms with Crippen molar-refractivity contribution >= 4 is 5.78 Å². The van der Waals surface area contributed by atoms with Crippen molar-refractivity contribution in [2.45, 2.75) is 58.8 Å². The van der Waals surface area contributed by atoms with Crippen molar-refractivity contribution in [3.8, 4) is 0 Å². The monoisotopic (exact) mass is 226 g/mol. The van der Waals surface area contributed by atoms with Gasteiger partial charge in [-0.1, -0.05) is 46.0 Å². The van der Waals surface area contributed by atoms with Gasteiger partial charge in [-0.05, 0) is 18.8 Å². The van der Waals surface area contributed by atoms with Crippen LogP contribution in [0.15, 0.2) is 0 Å². The molecule has 2 nitrogen and oxygen atoms in total. The third-order valence-corrected chi connectivity index (χ3v) is 3.80. The zero-order chi connectivity index (χ0) is 11.8. The highest BCUT2D eigenvalue weighted by atomic mass is 16.5. The minimum atomic E-state index is 0.162. The molecule has 0 saturated heterocycles. The van der Waals surface area contributed by atoms with Gasteiger partial charge >= 0.3 is 0 Å². The Morgan fingerprint density at radius 2 is 2.00 bits per heavy atom. The van der Waals surface area contributed by atoms with Crippen molar-refractivity contribution in [1.29, 1.82) is 0 Å². The minimum absolute atomic E-state index is 0.162. The Balaban J connectivity index is 2.00. The predicted octanol–water partition coefficient (Wildman–Crippen LogP) is 3.59. The normalized spacial score (nSPS) is 19.6. The maximum Gasteiger partial charge on any atom is 0.161 e. The summed E-state index contributed by atoms with van der Waals surface area (Å²) < 4.78 is 5.47. The molecule has 1 saturated carbocycles. The van der Waals surface area contributed by atoms with Gasteiger partial charge in [0.1, 0.15) is 6.61 Å². The van der Waals surface area contributed by atoms with Crippen LogP contribution >= 0.6 is 0 Å². The van der Waals surface area contributed by atoms with Crippen LogP contribution < -0.4 is 0 Å². The van der Waals surface area contributed by atoms with E-state index in [1.165, 1.54) is 32.1 Å². The summed E-state index contributed by atoms with van der Waals surface area (Å²) in [5, 5.41) is 0. The van der Waals surface area contributed by atoms with Crippen LogP contribution in [0, 0.1) is 11.8 Å². The number of carbonyl (C=O) groups is 1. The molecule has 0 N–H and O–H groups in total. The molecule has 0 aromatic heterocycles. The zero-order valence-corrected chi connectivity index (χ0v) is 10.8. The van der Waals surface area contributed by atoms with Gasteiger partial charge in [0.15, 0.2) is 5.78 Å². The molecule has 0 amide bonds. The number of hydrogen-bond acceptors (Lipinski definition) is 2. The first kappa shape index (κ1) is 13.7. The summed E-state index contributed by atoms with van der Waals surface area (Å²) in [6.07, 6.45) is 8.97. The third-order valence-electron chi connectivity index (χ3n) is 3.80. The average Bonchev–Trinajstić information content (AvgIpc) is 2.34. The standard InChI is InChI=1S/C14H26O2/c1-3-12(2)14(15)11-16-10-9-13-7-5-4-6-8-13/h12-13H,3-11H2,1-2H3. The lowest BCUT2D eigenvalue weighted by molar-refractivity contribution is -0.127. The maximum absolute atomic E-state index is 11.5. The van der Waals surface area contributed by atoms with Crippen LogP contribution in [-0.4, -0.2) is 19.0 Å². The van der Waals surface area contributed by atoms with Crippen molar-refractivity contribution in [2.75, 3.05) is 13.2 Å². The molecule has 1 atom stereocenters. The van der Waals surface area contributed by atoms with E-state index in [4.69, 9.17) is 4.74 Å². The molecule has 1 aliphatic carbocycles. The Hall–Kier alpha value is -0.370. The predicted molar refractivity (Wildman–Crippen MR) is 66.5 cm³/mol. The summed E-state index contributed by atoms with van der Waals surface area (Å²) in [4.78, 5) is 11.5. The van der Waals surface area contributed by atoms with Gasteiger partial charge in [0.2, 0.25) is 0 Å². The Labute approximate surface area is 99.8 Å². The molecule has 0 aliphatic heterocycles. The summed E-state index contributed by atoms with van der Waals surface area (Å²) in [7, 11) is 0. The lowest BCUT2D eigenvalue weighted by atomic mass is 9.87. The second kappa shape index (κ2) is 7.83. The van der Waals surface area contributed by atoms with Crippen molar-refractivity contribution in [2.24, 2.45) is 11.8 Å². The maximum atomic E-state index is 11.5. The molecule has 0 aromatic rings. The van der Waals surface area contributed by atoms with Crippen molar-refractivity contribution in [3.63, 3.8) is 0 Å². The molecule has 0 aromatic carbocycles. The van der Waals surface area contributed by atoms with E-state index in [-0.39, 0.29) is 11.7 Å². The largest absolute Gasteiger partial charge is 0.374 e. The van der Waals surface area contributed by atoms with E-state index < -0.39 is 0 Å².